The number of carbonyl (C=O) groups excluding carboxylic acids is 1. The van der Waals surface area contributed by atoms with Crippen molar-refractivity contribution in [1.29, 1.82) is 0 Å². The number of rotatable bonds is 8. The van der Waals surface area contributed by atoms with Crippen molar-refractivity contribution in [2.24, 2.45) is 5.92 Å². The van der Waals surface area contributed by atoms with E-state index in [0.717, 1.165) is 36.5 Å². The summed E-state index contributed by atoms with van der Waals surface area (Å²) < 4.78 is 15.8. The lowest BCUT2D eigenvalue weighted by atomic mass is 10.0. The van der Waals surface area contributed by atoms with Crippen LogP contribution in [0, 0.1) is 11.7 Å². The summed E-state index contributed by atoms with van der Waals surface area (Å²) in [5.74, 6) is 0.335. The Bertz CT molecular complexity index is 1090. The van der Waals surface area contributed by atoms with Crippen LogP contribution in [0.3, 0.4) is 0 Å². The Labute approximate surface area is 195 Å². The molecule has 0 aliphatic carbocycles. The molecule has 3 aromatic rings. The first-order chi connectivity index (χ1) is 15.9. The van der Waals surface area contributed by atoms with E-state index in [1.807, 2.05) is 40.8 Å². The number of nitrogens with zero attached hydrogens (tertiary/aromatic N) is 4. The van der Waals surface area contributed by atoms with Gasteiger partial charge in [-0.2, -0.15) is 5.10 Å². The molecular weight excluding hydrogens is 415 g/mol. The minimum absolute atomic E-state index is 0.152. The highest BCUT2D eigenvalue weighted by atomic mass is 19.1. The summed E-state index contributed by atoms with van der Waals surface area (Å²) >= 11 is 0. The van der Waals surface area contributed by atoms with Gasteiger partial charge in [-0.15, -0.1) is 0 Å². The van der Waals surface area contributed by atoms with Crippen molar-refractivity contribution < 1.29 is 9.18 Å². The summed E-state index contributed by atoms with van der Waals surface area (Å²) in [5.41, 5.74) is 5.37. The Kier molecular flexibility index (Phi) is 7.23. The van der Waals surface area contributed by atoms with Crippen LogP contribution in [0.25, 0.3) is 5.69 Å². The van der Waals surface area contributed by atoms with Crippen molar-refractivity contribution in [3.8, 4) is 5.69 Å². The van der Waals surface area contributed by atoms with Gasteiger partial charge in [0.15, 0.2) is 0 Å². The number of amides is 1. The van der Waals surface area contributed by atoms with Crippen LogP contribution < -0.4 is 0 Å². The number of benzene rings is 2. The molecule has 0 radical (unpaired) electrons. The van der Waals surface area contributed by atoms with Gasteiger partial charge in [-0.3, -0.25) is 9.69 Å². The average molecular weight is 449 g/mol. The second-order valence-corrected chi connectivity index (χ2v) is 9.23. The zero-order valence-electron chi connectivity index (χ0n) is 19.8. The molecule has 2 aromatic carbocycles. The number of hydrogen-bond acceptors (Lipinski definition) is 3. The third-order valence-corrected chi connectivity index (χ3v) is 6.10. The van der Waals surface area contributed by atoms with Crippen molar-refractivity contribution in [3.63, 3.8) is 0 Å². The van der Waals surface area contributed by atoms with Crippen LogP contribution >= 0.6 is 0 Å². The van der Waals surface area contributed by atoms with Crippen molar-refractivity contribution in [2.45, 2.75) is 53.2 Å². The second-order valence-electron chi connectivity index (χ2n) is 9.23. The van der Waals surface area contributed by atoms with Crippen LogP contribution in [0.2, 0.25) is 0 Å². The highest BCUT2D eigenvalue weighted by Crippen LogP contribution is 2.28. The SMILES string of the molecule is CCC(=O)N(Cc1nn(-c2ccccc2)c2c1CN(Cc1cccc(F)c1)CC2)CC(C)C. The fraction of sp³-hybridized carbons (Fsp3) is 0.407. The van der Waals surface area contributed by atoms with Crippen LogP contribution in [0.15, 0.2) is 54.6 Å². The van der Waals surface area contributed by atoms with Gasteiger partial charge in [0.2, 0.25) is 5.91 Å². The molecule has 1 aromatic heterocycles. The van der Waals surface area contributed by atoms with E-state index in [2.05, 4.69) is 30.9 Å². The third-order valence-electron chi connectivity index (χ3n) is 6.10. The van der Waals surface area contributed by atoms with Gasteiger partial charge in [-0.05, 0) is 35.7 Å². The molecule has 0 atom stereocenters. The molecule has 0 bridgehead atoms. The molecule has 1 aliphatic rings. The normalized spacial score (nSPS) is 13.8. The largest absolute Gasteiger partial charge is 0.336 e. The first-order valence-electron chi connectivity index (χ1n) is 11.8. The van der Waals surface area contributed by atoms with Crippen molar-refractivity contribution >= 4 is 5.91 Å². The Hall–Kier alpha value is -2.99. The Morgan fingerprint density at radius 2 is 1.94 bits per heavy atom. The molecule has 0 N–H and O–H groups in total. The number of carbonyl (C=O) groups is 1. The molecule has 0 spiro atoms. The maximum Gasteiger partial charge on any atom is 0.222 e. The number of halogens is 1. The lowest BCUT2D eigenvalue weighted by Crippen LogP contribution is -2.34. The molecule has 1 amide bonds. The van der Waals surface area contributed by atoms with Gasteiger partial charge in [-0.1, -0.05) is 51.1 Å². The summed E-state index contributed by atoms with van der Waals surface area (Å²) in [5, 5.41) is 5.02. The predicted molar refractivity (Wildman–Crippen MR) is 128 cm³/mol. The summed E-state index contributed by atoms with van der Waals surface area (Å²) in [6.07, 6.45) is 1.35. The fourth-order valence-electron chi connectivity index (χ4n) is 4.58. The highest BCUT2D eigenvalue weighted by Gasteiger charge is 2.27. The Balaban J connectivity index is 1.66. The summed E-state index contributed by atoms with van der Waals surface area (Å²) in [6.45, 7) is 9.72. The van der Waals surface area contributed by atoms with Gasteiger partial charge in [0, 0.05) is 44.6 Å². The van der Waals surface area contributed by atoms with E-state index in [4.69, 9.17) is 5.10 Å². The van der Waals surface area contributed by atoms with Gasteiger partial charge in [0.1, 0.15) is 5.82 Å². The van der Waals surface area contributed by atoms with Crippen LogP contribution in [0.5, 0.6) is 0 Å². The quantitative estimate of drug-likeness (QED) is 0.489. The van der Waals surface area contributed by atoms with E-state index in [-0.39, 0.29) is 11.7 Å². The summed E-state index contributed by atoms with van der Waals surface area (Å²) in [6, 6.07) is 17.0. The number of fused-ring (bicyclic) bond motifs is 1. The predicted octanol–water partition coefficient (Wildman–Crippen LogP) is 4.96. The van der Waals surface area contributed by atoms with E-state index in [1.165, 1.54) is 17.3 Å². The standard InChI is InChI=1S/C27H33FN4O/c1-4-27(33)31(16-20(2)3)19-25-24-18-30(17-21-9-8-10-22(28)15-21)14-13-26(24)32(29-25)23-11-6-5-7-12-23/h5-12,15,20H,4,13-14,16-19H2,1-3H3. The molecular formula is C27H33FN4O. The van der Waals surface area contributed by atoms with Crippen LogP contribution in [-0.4, -0.2) is 38.6 Å². The van der Waals surface area contributed by atoms with Gasteiger partial charge < -0.3 is 4.90 Å². The molecule has 0 fully saturated rings. The molecule has 6 heteroatoms. The Morgan fingerprint density at radius 1 is 1.15 bits per heavy atom. The molecule has 174 valence electrons. The topological polar surface area (TPSA) is 41.4 Å². The minimum atomic E-state index is -0.204. The van der Waals surface area contributed by atoms with Crippen molar-refractivity contribution in [2.75, 3.05) is 13.1 Å². The van der Waals surface area contributed by atoms with E-state index in [9.17, 15) is 9.18 Å². The number of aromatic nitrogens is 2. The Morgan fingerprint density at radius 3 is 2.64 bits per heavy atom. The van der Waals surface area contributed by atoms with Gasteiger partial charge in [-0.25, -0.2) is 9.07 Å². The van der Waals surface area contributed by atoms with Crippen LogP contribution in [0.1, 0.15) is 49.7 Å². The third kappa shape index (κ3) is 5.50. The molecule has 1 aliphatic heterocycles. The van der Waals surface area contributed by atoms with Gasteiger partial charge >= 0.3 is 0 Å². The van der Waals surface area contributed by atoms with E-state index in [1.54, 1.807) is 12.1 Å². The first-order valence-corrected chi connectivity index (χ1v) is 11.8. The minimum Gasteiger partial charge on any atom is -0.336 e. The second kappa shape index (κ2) is 10.3. The molecule has 33 heavy (non-hydrogen) atoms. The van der Waals surface area contributed by atoms with E-state index >= 15 is 0 Å². The molecule has 0 unspecified atom stereocenters. The van der Waals surface area contributed by atoms with Gasteiger partial charge in [0.05, 0.1) is 23.6 Å². The van der Waals surface area contributed by atoms with Gasteiger partial charge in [0.25, 0.3) is 0 Å². The number of para-hydroxylation sites is 1. The molecule has 2 heterocycles. The summed E-state index contributed by atoms with van der Waals surface area (Å²) in [4.78, 5) is 17.0. The fourth-order valence-corrected chi connectivity index (χ4v) is 4.58. The summed E-state index contributed by atoms with van der Waals surface area (Å²) in [7, 11) is 0. The van der Waals surface area contributed by atoms with Crippen LogP contribution in [0.4, 0.5) is 4.39 Å². The lowest BCUT2D eigenvalue weighted by molar-refractivity contribution is -0.132. The van der Waals surface area contributed by atoms with E-state index in [0.29, 0.717) is 32.0 Å². The molecule has 0 saturated heterocycles. The van der Waals surface area contributed by atoms with Crippen molar-refractivity contribution in [3.05, 3.63) is 82.9 Å². The number of hydrogen-bond donors (Lipinski definition) is 0. The molecule has 0 saturated carbocycles. The lowest BCUT2D eigenvalue weighted by Gasteiger charge is -2.29. The smallest absolute Gasteiger partial charge is 0.222 e. The first kappa shape index (κ1) is 23.2. The molecule has 4 rings (SSSR count). The zero-order valence-corrected chi connectivity index (χ0v) is 19.8. The van der Waals surface area contributed by atoms with Crippen LogP contribution in [-0.2, 0) is 30.8 Å². The maximum atomic E-state index is 13.7. The van der Waals surface area contributed by atoms with Crippen molar-refractivity contribution in [1.82, 2.24) is 19.6 Å². The average Bonchev–Trinajstić information content (AvgIpc) is 3.16. The monoisotopic (exact) mass is 448 g/mol. The zero-order chi connectivity index (χ0) is 23.4. The molecule has 5 nitrogen and oxygen atoms in total. The van der Waals surface area contributed by atoms with E-state index < -0.39 is 0 Å². The highest BCUT2D eigenvalue weighted by molar-refractivity contribution is 5.75. The maximum absolute atomic E-state index is 13.7.